The van der Waals surface area contributed by atoms with E-state index in [2.05, 4.69) is 104 Å². The van der Waals surface area contributed by atoms with E-state index in [9.17, 15) is 0 Å². The zero-order chi connectivity index (χ0) is 20.2. The van der Waals surface area contributed by atoms with E-state index in [1.54, 1.807) is 0 Å². The normalized spacial score (nSPS) is 17.9. The largest absolute Gasteiger partial charge is 0.309 e. The van der Waals surface area contributed by atoms with Crippen molar-refractivity contribution in [3.05, 3.63) is 0 Å². The van der Waals surface area contributed by atoms with Crippen molar-refractivity contribution in [2.45, 2.75) is 78.9 Å². The van der Waals surface area contributed by atoms with Gasteiger partial charge in [0, 0.05) is 37.3 Å². The van der Waals surface area contributed by atoms with Crippen LogP contribution in [0.2, 0.25) is 0 Å². The van der Waals surface area contributed by atoms with E-state index in [-0.39, 0.29) is 5.54 Å². The lowest BCUT2D eigenvalue weighted by Crippen LogP contribution is -2.56. The van der Waals surface area contributed by atoms with Crippen LogP contribution in [0.1, 0.15) is 61.3 Å². The second-order valence-electron chi connectivity index (χ2n) is 8.74. The third-order valence-corrected chi connectivity index (χ3v) is 4.98. The van der Waals surface area contributed by atoms with Crippen LogP contribution in [-0.4, -0.2) is 87.2 Å². The van der Waals surface area contributed by atoms with E-state index in [4.69, 9.17) is 0 Å². The predicted octanol–water partition coefficient (Wildman–Crippen LogP) is 3.63. The number of likely N-dealkylation sites (N-methyl/N-ethyl adjacent to an activating group) is 2. The van der Waals surface area contributed by atoms with Gasteiger partial charge in [0.05, 0.1) is 0 Å². The summed E-state index contributed by atoms with van der Waals surface area (Å²) in [5, 5.41) is 3.91. The van der Waals surface area contributed by atoms with Crippen molar-refractivity contribution < 1.29 is 0 Å². The quantitative estimate of drug-likeness (QED) is 0.609. The smallest absolute Gasteiger partial charge is 0.0192 e. The number of rotatable bonds is 11. The lowest BCUT2D eigenvalue weighted by molar-refractivity contribution is 0.145. The van der Waals surface area contributed by atoms with Gasteiger partial charge >= 0.3 is 0 Å². The fourth-order valence-corrected chi connectivity index (χ4v) is 3.23. The highest BCUT2D eigenvalue weighted by Gasteiger charge is 2.31. The van der Waals surface area contributed by atoms with Gasteiger partial charge in [0.1, 0.15) is 0 Å². The first-order valence-corrected chi connectivity index (χ1v) is 10.2. The Morgan fingerprint density at radius 1 is 0.800 bits per heavy atom. The van der Waals surface area contributed by atoms with Gasteiger partial charge in [-0.05, 0) is 68.3 Å². The summed E-state index contributed by atoms with van der Waals surface area (Å²) in [5.41, 5.74) is 0.190. The van der Waals surface area contributed by atoms with Crippen LogP contribution in [0.4, 0.5) is 0 Å². The molecule has 0 aromatic heterocycles. The van der Waals surface area contributed by atoms with Crippen molar-refractivity contribution in [1.29, 1.82) is 0 Å². The lowest BCUT2D eigenvalue weighted by atomic mass is 9.83. The van der Waals surface area contributed by atoms with Gasteiger partial charge in [0.15, 0.2) is 0 Å². The molecule has 0 saturated carbocycles. The standard InChI is InChI=1S/C18H42N4.C3H8/c1-11-18(5,15(2)12-20(6)7)19-16(3)13-22(10)17(4)14-21(8)9;1-3-2/h15-17,19H,11-14H2,1-10H3;3H2,1-2H3. The molecule has 0 heterocycles. The Balaban J connectivity index is 0. The zero-order valence-corrected chi connectivity index (χ0v) is 19.6. The van der Waals surface area contributed by atoms with Crippen LogP contribution < -0.4 is 5.32 Å². The highest BCUT2D eigenvalue weighted by molar-refractivity contribution is 4.91. The SMILES string of the molecule is CCC.CCC(C)(NC(C)CN(C)C(C)CN(C)C)C(C)CN(C)C. The monoisotopic (exact) mass is 358 g/mol. The topological polar surface area (TPSA) is 21.8 Å². The van der Waals surface area contributed by atoms with Crippen LogP contribution in [0, 0.1) is 5.92 Å². The molecule has 4 nitrogen and oxygen atoms in total. The summed E-state index contributed by atoms with van der Waals surface area (Å²) in [6.45, 7) is 19.2. The van der Waals surface area contributed by atoms with Crippen molar-refractivity contribution in [2.75, 3.05) is 54.9 Å². The average molecular weight is 359 g/mol. The summed E-state index contributed by atoms with van der Waals surface area (Å²) in [5.74, 6) is 0.624. The van der Waals surface area contributed by atoms with Gasteiger partial charge in [-0.25, -0.2) is 0 Å². The van der Waals surface area contributed by atoms with E-state index in [1.165, 1.54) is 6.42 Å². The molecule has 0 fully saturated rings. The second-order valence-corrected chi connectivity index (χ2v) is 8.74. The summed E-state index contributed by atoms with van der Waals surface area (Å²) in [4.78, 5) is 7.01. The molecular weight excluding hydrogens is 308 g/mol. The lowest BCUT2D eigenvalue weighted by Gasteiger charge is -2.41. The van der Waals surface area contributed by atoms with Gasteiger partial charge < -0.3 is 20.0 Å². The maximum Gasteiger partial charge on any atom is 0.0192 e. The van der Waals surface area contributed by atoms with Crippen molar-refractivity contribution >= 4 is 0 Å². The molecule has 25 heavy (non-hydrogen) atoms. The van der Waals surface area contributed by atoms with Crippen LogP contribution >= 0.6 is 0 Å². The molecule has 0 rings (SSSR count). The number of hydrogen-bond acceptors (Lipinski definition) is 4. The molecule has 154 valence electrons. The second kappa shape index (κ2) is 14.0. The fourth-order valence-electron chi connectivity index (χ4n) is 3.23. The minimum absolute atomic E-state index is 0.190. The number of nitrogens with zero attached hydrogens (tertiary/aromatic N) is 3. The molecule has 0 bridgehead atoms. The van der Waals surface area contributed by atoms with Gasteiger partial charge in [0.2, 0.25) is 0 Å². The first-order valence-electron chi connectivity index (χ1n) is 10.2. The summed E-state index contributed by atoms with van der Waals surface area (Å²) in [6, 6.07) is 1.07. The van der Waals surface area contributed by atoms with E-state index in [1.807, 2.05) is 0 Å². The molecule has 0 aliphatic rings. The van der Waals surface area contributed by atoms with Crippen molar-refractivity contribution in [2.24, 2.45) is 5.92 Å². The molecule has 0 spiro atoms. The summed E-state index contributed by atoms with van der Waals surface area (Å²) in [6.07, 6.45) is 2.41. The molecule has 4 atom stereocenters. The molecular formula is C21H50N4. The van der Waals surface area contributed by atoms with E-state index in [0.29, 0.717) is 18.0 Å². The first-order chi connectivity index (χ1) is 11.4. The molecule has 4 unspecified atom stereocenters. The Kier molecular flexibility index (Phi) is 15.1. The summed E-state index contributed by atoms with van der Waals surface area (Å²) >= 11 is 0. The van der Waals surface area contributed by atoms with Gasteiger partial charge in [-0.1, -0.05) is 34.1 Å². The van der Waals surface area contributed by atoms with E-state index >= 15 is 0 Å². The maximum atomic E-state index is 3.91. The number of nitrogens with one attached hydrogen (secondary N) is 1. The Morgan fingerprint density at radius 2 is 1.24 bits per heavy atom. The Morgan fingerprint density at radius 3 is 1.60 bits per heavy atom. The average Bonchev–Trinajstić information content (AvgIpc) is 2.46. The number of hydrogen-bond donors (Lipinski definition) is 1. The molecule has 1 N–H and O–H groups in total. The third kappa shape index (κ3) is 12.8. The first kappa shape index (κ1) is 27.1. The van der Waals surface area contributed by atoms with E-state index < -0.39 is 0 Å². The molecule has 0 aromatic carbocycles. The summed E-state index contributed by atoms with van der Waals surface area (Å²) in [7, 11) is 10.8. The van der Waals surface area contributed by atoms with Crippen LogP contribution in [0.3, 0.4) is 0 Å². The highest BCUT2D eigenvalue weighted by atomic mass is 15.2. The molecule has 0 aromatic rings. The van der Waals surface area contributed by atoms with Gasteiger partial charge in [-0.15, -0.1) is 0 Å². The Hall–Kier alpha value is -0.160. The molecule has 4 heteroatoms. The third-order valence-electron chi connectivity index (χ3n) is 4.98. The fraction of sp³-hybridized carbons (Fsp3) is 1.00. The van der Waals surface area contributed by atoms with Crippen LogP contribution in [0.25, 0.3) is 0 Å². The molecule has 0 radical (unpaired) electrons. The molecule has 0 saturated heterocycles. The van der Waals surface area contributed by atoms with Gasteiger partial charge in [-0.3, -0.25) is 0 Å². The van der Waals surface area contributed by atoms with Crippen molar-refractivity contribution in [1.82, 2.24) is 20.0 Å². The van der Waals surface area contributed by atoms with E-state index in [0.717, 1.165) is 26.1 Å². The minimum Gasteiger partial charge on any atom is -0.309 e. The zero-order valence-electron chi connectivity index (χ0n) is 19.6. The van der Waals surface area contributed by atoms with Gasteiger partial charge in [-0.2, -0.15) is 0 Å². The summed E-state index contributed by atoms with van der Waals surface area (Å²) < 4.78 is 0. The molecule has 0 aliphatic heterocycles. The Labute approximate surface area is 160 Å². The van der Waals surface area contributed by atoms with Crippen LogP contribution in [-0.2, 0) is 0 Å². The molecule has 0 amide bonds. The predicted molar refractivity (Wildman–Crippen MR) is 116 cm³/mol. The van der Waals surface area contributed by atoms with Crippen molar-refractivity contribution in [3.8, 4) is 0 Å². The minimum atomic E-state index is 0.190. The maximum absolute atomic E-state index is 3.91. The molecule has 0 aliphatic carbocycles. The highest BCUT2D eigenvalue weighted by Crippen LogP contribution is 2.22. The van der Waals surface area contributed by atoms with Crippen LogP contribution in [0.5, 0.6) is 0 Å². The van der Waals surface area contributed by atoms with Crippen molar-refractivity contribution in [3.63, 3.8) is 0 Å². The van der Waals surface area contributed by atoms with Gasteiger partial charge in [0.25, 0.3) is 0 Å². The van der Waals surface area contributed by atoms with Crippen LogP contribution in [0.15, 0.2) is 0 Å². The Bertz CT molecular complexity index is 306.